The maximum atomic E-state index is 15.0. The van der Waals surface area contributed by atoms with E-state index in [2.05, 4.69) is 204 Å². The van der Waals surface area contributed by atoms with Crippen LogP contribution in [0.1, 0.15) is 90.3 Å². The van der Waals surface area contributed by atoms with Crippen LogP contribution in [0.15, 0.2) is 188 Å². The fraction of sp³-hybridized carbons (Fsp3) is 0.188. The molecule has 5 aliphatic rings. The Morgan fingerprint density at radius 2 is 0.985 bits per heavy atom. The van der Waals surface area contributed by atoms with Gasteiger partial charge in [-0.2, -0.15) is 13.2 Å². The van der Waals surface area contributed by atoms with Crippen LogP contribution in [0, 0.1) is 12.8 Å². The molecule has 1 spiro atoms. The third-order valence-electron chi connectivity index (χ3n) is 16.4. The molecule has 0 bridgehead atoms. The Balaban J connectivity index is 1.09. The van der Waals surface area contributed by atoms with Gasteiger partial charge in [-0.1, -0.05) is 192 Å². The highest BCUT2D eigenvalue weighted by Gasteiger charge is 2.54. The lowest BCUT2D eigenvalue weighted by atomic mass is 9.68. The molecule has 3 unspecified atom stereocenters. The van der Waals surface area contributed by atoms with Gasteiger partial charge in [0.2, 0.25) is 0 Å². The lowest BCUT2D eigenvalue weighted by molar-refractivity contribution is -0.137. The topological polar surface area (TPSA) is 3.24 Å². The number of para-hydroxylation sites is 1. The lowest BCUT2D eigenvalue weighted by Crippen LogP contribution is -2.37. The molecule has 0 radical (unpaired) electrons. The normalized spacial score (nSPS) is 20.3. The van der Waals surface area contributed by atoms with Gasteiger partial charge in [-0.25, -0.2) is 0 Å². The molecular formula is C64H50F3N. The summed E-state index contributed by atoms with van der Waals surface area (Å²) < 4.78 is 44.9. The van der Waals surface area contributed by atoms with Crippen molar-refractivity contribution in [3.8, 4) is 44.5 Å². The molecule has 0 saturated heterocycles. The van der Waals surface area contributed by atoms with Gasteiger partial charge in [0, 0.05) is 27.8 Å². The summed E-state index contributed by atoms with van der Waals surface area (Å²) in [5.41, 5.74) is 21.3. The highest BCUT2D eigenvalue weighted by molar-refractivity contribution is 6.01. The molecule has 8 aromatic rings. The van der Waals surface area contributed by atoms with E-state index in [1.165, 1.54) is 56.7 Å². The van der Waals surface area contributed by atoms with Crippen LogP contribution < -0.4 is 4.90 Å². The molecule has 4 heteroatoms. The maximum Gasteiger partial charge on any atom is 0.416 e. The van der Waals surface area contributed by atoms with E-state index in [-0.39, 0.29) is 22.8 Å². The molecule has 332 valence electrons. The van der Waals surface area contributed by atoms with Crippen molar-refractivity contribution in [1.82, 2.24) is 0 Å². The van der Waals surface area contributed by atoms with E-state index in [4.69, 9.17) is 0 Å². The van der Waals surface area contributed by atoms with Crippen LogP contribution >= 0.6 is 0 Å². The van der Waals surface area contributed by atoms with Crippen LogP contribution in [0.5, 0.6) is 0 Å². The van der Waals surface area contributed by atoms with Gasteiger partial charge in [-0.3, -0.25) is 0 Å². The average Bonchev–Trinajstić information content (AvgIpc) is 3.96. The van der Waals surface area contributed by atoms with Gasteiger partial charge in [-0.05, 0) is 138 Å². The Hall–Kier alpha value is -7.17. The third kappa shape index (κ3) is 5.35. The first-order chi connectivity index (χ1) is 32.7. The molecule has 0 amide bonds. The zero-order valence-electron chi connectivity index (χ0n) is 39.1. The minimum Gasteiger partial charge on any atom is -0.333 e. The van der Waals surface area contributed by atoms with E-state index < -0.39 is 17.2 Å². The van der Waals surface area contributed by atoms with Crippen LogP contribution in [0.2, 0.25) is 0 Å². The first-order valence-corrected chi connectivity index (χ1v) is 23.9. The summed E-state index contributed by atoms with van der Waals surface area (Å²) in [6.45, 7) is 13.8. The van der Waals surface area contributed by atoms with Gasteiger partial charge >= 0.3 is 6.18 Å². The predicted octanol–water partition coefficient (Wildman–Crippen LogP) is 16.8. The first-order valence-electron chi connectivity index (χ1n) is 23.9. The maximum absolute atomic E-state index is 15.0. The van der Waals surface area contributed by atoms with Gasteiger partial charge in [-0.15, -0.1) is 0 Å². The summed E-state index contributed by atoms with van der Waals surface area (Å²) in [5.74, 6) is 0.108. The Morgan fingerprint density at radius 3 is 1.71 bits per heavy atom. The van der Waals surface area contributed by atoms with Gasteiger partial charge in [0.25, 0.3) is 0 Å². The number of anilines is 2. The Kier molecular flexibility index (Phi) is 8.42. The number of allylic oxidation sites excluding steroid dienone is 2. The van der Waals surface area contributed by atoms with Crippen molar-refractivity contribution in [3.05, 3.63) is 243 Å². The monoisotopic (exact) mass is 889 g/mol. The number of aryl methyl sites for hydroxylation is 1. The van der Waals surface area contributed by atoms with Crippen LogP contribution in [0.4, 0.5) is 24.5 Å². The summed E-state index contributed by atoms with van der Waals surface area (Å²) in [7, 11) is 0. The van der Waals surface area contributed by atoms with Crippen LogP contribution in [0.25, 0.3) is 50.1 Å². The van der Waals surface area contributed by atoms with Crippen LogP contribution in [-0.2, 0) is 22.4 Å². The minimum atomic E-state index is -4.52. The second-order valence-corrected chi connectivity index (χ2v) is 20.8. The lowest BCUT2D eigenvalue weighted by Gasteiger charge is -2.40. The number of hydrogen-bond acceptors (Lipinski definition) is 1. The van der Waals surface area contributed by atoms with Crippen molar-refractivity contribution in [2.24, 2.45) is 5.92 Å². The summed E-state index contributed by atoms with van der Waals surface area (Å²) in [6.07, 6.45) is 0.520. The van der Waals surface area contributed by atoms with Gasteiger partial charge in [0.1, 0.15) is 0 Å². The van der Waals surface area contributed by atoms with Crippen molar-refractivity contribution < 1.29 is 13.2 Å². The van der Waals surface area contributed by atoms with Crippen molar-refractivity contribution in [2.45, 2.75) is 70.0 Å². The summed E-state index contributed by atoms with van der Waals surface area (Å²) in [4.78, 5) is 2.58. The van der Waals surface area contributed by atoms with E-state index in [9.17, 15) is 13.2 Å². The van der Waals surface area contributed by atoms with Crippen molar-refractivity contribution >= 4 is 16.9 Å². The quantitative estimate of drug-likeness (QED) is 0.170. The number of benzene rings is 8. The molecule has 0 aliphatic heterocycles. The Morgan fingerprint density at radius 1 is 0.456 bits per heavy atom. The predicted molar refractivity (Wildman–Crippen MR) is 273 cm³/mol. The molecule has 3 atom stereocenters. The zero-order chi connectivity index (χ0) is 46.6. The van der Waals surface area contributed by atoms with E-state index in [1.807, 2.05) is 6.07 Å². The average molecular weight is 890 g/mol. The first kappa shape index (κ1) is 41.1. The molecular weight excluding hydrogens is 840 g/mol. The van der Waals surface area contributed by atoms with E-state index >= 15 is 0 Å². The largest absolute Gasteiger partial charge is 0.416 e. The van der Waals surface area contributed by atoms with Crippen LogP contribution in [0.3, 0.4) is 0 Å². The highest BCUT2D eigenvalue weighted by Crippen LogP contribution is 2.66. The van der Waals surface area contributed by atoms with Crippen molar-refractivity contribution in [3.63, 3.8) is 0 Å². The number of alkyl halides is 3. The summed E-state index contributed by atoms with van der Waals surface area (Å²) in [5, 5.41) is 0. The smallest absolute Gasteiger partial charge is 0.333 e. The van der Waals surface area contributed by atoms with Crippen LogP contribution in [-0.4, -0.2) is 6.04 Å². The molecule has 1 nitrogen and oxygen atoms in total. The third-order valence-corrected chi connectivity index (χ3v) is 16.4. The molecule has 0 fully saturated rings. The zero-order valence-corrected chi connectivity index (χ0v) is 39.1. The standard InChI is InChI=1S/C64H50F3N/c1-37-26-29-45-46-30-27-39(64(65,66)67)34-57(46)63(56(45)32-37)53-24-13-9-17-42(53)48-20-15-21-49(60(48)63)47-19-10-14-25-58(47)68(40-28-31-44-41-16-7-11-22-51(41)61(3,4)54(44)35-40)59-36-55-50(33-38(59)2)43-18-8-12-23-52(43)62(55,5)6/h7-36,38,59H,1-6H3. The number of nitrogens with zero attached hydrogens (tertiary/aromatic N) is 1. The molecule has 0 aromatic heterocycles. The minimum absolute atomic E-state index is 0.0822. The van der Waals surface area contributed by atoms with Gasteiger partial charge < -0.3 is 4.90 Å². The summed E-state index contributed by atoms with van der Waals surface area (Å²) in [6, 6.07) is 59.1. The van der Waals surface area contributed by atoms with Gasteiger partial charge in [0.15, 0.2) is 0 Å². The number of hydrogen-bond donors (Lipinski definition) is 0. The molecule has 0 saturated carbocycles. The molecule has 13 rings (SSSR count). The molecule has 0 N–H and O–H groups in total. The Bertz CT molecular complexity index is 3560. The highest BCUT2D eigenvalue weighted by atomic mass is 19.4. The molecule has 8 aromatic carbocycles. The number of fused-ring (bicyclic) bond motifs is 16. The van der Waals surface area contributed by atoms with Crippen molar-refractivity contribution in [2.75, 3.05) is 4.90 Å². The number of rotatable bonds is 4. The molecule has 0 heterocycles. The second-order valence-electron chi connectivity index (χ2n) is 20.8. The fourth-order valence-corrected chi connectivity index (χ4v) is 13.3. The van der Waals surface area contributed by atoms with Crippen molar-refractivity contribution in [1.29, 1.82) is 0 Å². The SMILES string of the molecule is Cc1ccc2c(c1)C1(c3cc(C(F)(F)F)ccc3-2)c2ccccc2-c2cccc(-c3ccccc3N(c3ccc4c(c3)C(C)(C)c3ccccc3-4)C3C=C4C(=CC3C)c3ccccc3C4(C)C)c21. The Labute approximate surface area is 397 Å². The fourth-order valence-electron chi connectivity index (χ4n) is 13.3. The second kappa shape index (κ2) is 14.0. The van der Waals surface area contributed by atoms with E-state index in [0.29, 0.717) is 5.56 Å². The van der Waals surface area contributed by atoms with E-state index in [1.54, 1.807) is 6.07 Å². The van der Waals surface area contributed by atoms with Gasteiger partial charge in [0.05, 0.1) is 17.0 Å². The molecule has 68 heavy (non-hydrogen) atoms. The van der Waals surface area contributed by atoms with E-state index in [0.717, 1.165) is 67.0 Å². The summed E-state index contributed by atoms with van der Waals surface area (Å²) >= 11 is 0. The number of halogens is 3. The molecule has 5 aliphatic carbocycles.